The number of rotatable bonds is 3. The van der Waals surface area contributed by atoms with Crippen LogP contribution in [0.25, 0.3) is 11.4 Å². The zero-order valence-electron chi connectivity index (χ0n) is 10.3. The number of hydrogen-bond donors (Lipinski definition) is 1. The highest BCUT2D eigenvalue weighted by Crippen LogP contribution is 2.16. The lowest BCUT2D eigenvalue weighted by Crippen LogP contribution is -2.00. The molecule has 0 unspecified atom stereocenters. The van der Waals surface area contributed by atoms with E-state index >= 15 is 0 Å². The van der Waals surface area contributed by atoms with E-state index < -0.39 is 0 Å². The van der Waals surface area contributed by atoms with Gasteiger partial charge in [0.2, 0.25) is 11.7 Å². The predicted octanol–water partition coefficient (Wildman–Crippen LogP) is 1.27. The molecule has 0 saturated carbocycles. The molecule has 2 heterocycles. The third-order valence-corrected chi connectivity index (χ3v) is 2.63. The van der Waals surface area contributed by atoms with Gasteiger partial charge in [-0.2, -0.15) is 4.98 Å². The quantitative estimate of drug-likeness (QED) is 0.758. The lowest BCUT2D eigenvalue weighted by atomic mass is 10.1. The number of nitrogen functional groups attached to an aromatic ring is 1. The lowest BCUT2D eigenvalue weighted by Gasteiger charge is -1.94. The number of nitrogens with two attached hydrogens (primary N) is 1. The van der Waals surface area contributed by atoms with Gasteiger partial charge in [-0.05, 0) is 6.92 Å². The van der Waals surface area contributed by atoms with Crippen molar-refractivity contribution in [1.29, 1.82) is 0 Å². The summed E-state index contributed by atoms with van der Waals surface area (Å²) in [5.74, 6) is 1.38. The zero-order valence-corrected chi connectivity index (χ0v) is 10.3. The molecule has 7 heteroatoms. The van der Waals surface area contributed by atoms with Crippen molar-refractivity contribution in [2.24, 2.45) is 0 Å². The van der Waals surface area contributed by atoms with E-state index in [0.29, 0.717) is 24.1 Å². The maximum atomic E-state index is 5.48. The van der Waals surface area contributed by atoms with Crippen LogP contribution in [0.5, 0.6) is 0 Å². The van der Waals surface area contributed by atoms with E-state index in [9.17, 15) is 0 Å². The summed E-state index contributed by atoms with van der Waals surface area (Å²) in [6, 6.07) is 7.92. The minimum absolute atomic E-state index is 0.350. The van der Waals surface area contributed by atoms with E-state index in [-0.39, 0.29) is 0 Å². The van der Waals surface area contributed by atoms with Crippen LogP contribution in [0, 0.1) is 6.92 Å². The van der Waals surface area contributed by atoms with Crippen LogP contribution in [0.1, 0.15) is 11.5 Å². The van der Waals surface area contributed by atoms with Gasteiger partial charge in [0.25, 0.3) is 0 Å². The third-order valence-electron chi connectivity index (χ3n) is 2.63. The predicted molar refractivity (Wildman–Crippen MR) is 68.0 cm³/mol. The number of benzene rings is 1. The van der Waals surface area contributed by atoms with Crippen molar-refractivity contribution in [3.05, 3.63) is 41.9 Å². The van der Waals surface area contributed by atoms with Gasteiger partial charge in [-0.3, -0.25) is 0 Å². The second kappa shape index (κ2) is 4.52. The fourth-order valence-corrected chi connectivity index (χ4v) is 1.67. The highest BCUT2D eigenvalue weighted by Gasteiger charge is 2.09. The number of aryl methyl sites for hydroxylation is 1. The van der Waals surface area contributed by atoms with Gasteiger partial charge in [-0.1, -0.05) is 40.2 Å². The minimum atomic E-state index is 0.350. The summed E-state index contributed by atoms with van der Waals surface area (Å²) in [7, 11) is 0. The van der Waals surface area contributed by atoms with Crippen LogP contribution in [-0.4, -0.2) is 25.1 Å². The molecule has 2 N–H and O–H groups in total. The maximum Gasteiger partial charge on any atom is 0.248 e. The molecule has 0 radical (unpaired) electrons. The second-order valence-electron chi connectivity index (χ2n) is 4.22. The first-order valence-electron chi connectivity index (χ1n) is 5.76. The van der Waals surface area contributed by atoms with Gasteiger partial charge in [0.1, 0.15) is 6.54 Å². The van der Waals surface area contributed by atoms with Gasteiger partial charge in [-0.15, -0.1) is 5.10 Å². The minimum Gasteiger partial charge on any atom is -0.381 e. The van der Waals surface area contributed by atoms with Gasteiger partial charge in [0, 0.05) is 5.56 Å². The van der Waals surface area contributed by atoms with Crippen molar-refractivity contribution in [1.82, 2.24) is 25.1 Å². The summed E-state index contributed by atoms with van der Waals surface area (Å²) in [6.45, 7) is 2.38. The molecular weight excluding hydrogens is 244 g/mol. The normalized spacial score (nSPS) is 10.8. The Hall–Kier alpha value is -2.70. The van der Waals surface area contributed by atoms with Gasteiger partial charge in [0.15, 0.2) is 5.82 Å². The molecule has 3 rings (SSSR count). The summed E-state index contributed by atoms with van der Waals surface area (Å²) in [6.07, 6.45) is 1.61. The number of anilines is 1. The van der Waals surface area contributed by atoms with Crippen molar-refractivity contribution < 1.29 is 4.52 Å². The largest absolute Gasteiger partial charge is 0.381 e. The van der Waals surface area contributed by atoms with Crippen LogP contribution < -0.4 is 5.73 Å². The zero-order chi connectivity index (χ0) is 13.2. The summed E-state index contributed by atoms with van der Waals surface area (Å²) >= 11 is 0. The Balaban J connectivity index is 1.81. The molecular formula is C12H12N6O. The topological polar surface area (TPSA) is 95.7 Å². The van der Waals surface area contributed by atoms with E-state index in [1.54, 1.807) is 10.9 Å². The highest BCUT2D eigenvalue weighted by molar-refractivity contribution is 5.54. The summed E-state index contributed by atoms with van der Waals surface area (Å²) in [5, 5.41) is 11.4. The average molecular weight is 256 g/mol. The fraction of sp³-hybridized carbons (Fsp3) is 0.167. The first-order valence-corrected chi connectivity index (χ1v) is 5.76. The molecule has 0 fully saturated rings. The monoisotopic (exact) mass is 256 g/mol. The second-order valence-corrected chi connectivity index (χ2v) is 4.22. The molecule has 7 nitrogen and oxygen atoms in total. The van der Waals surface area contributed by atoms with Gasteiger partial charge >= 0.3 is 0 Å². The molecule has 2 aromatic heterocycles. The fourth-order valence-electron chi connectivity index (χ4n) is 1.67. The van der Waals surface area contributed by atoms with Crippen LogP contribution in [0.3, 0.4) is 0 Å². The number of hydrogen-bond acceptors (Lipinski definition) is 6. The summed E-state index contributed by atoms with van der Waals surface area (Å²) in [5.41, 5.74) is 7.58. The molecule has 0 amide bonds. The summed E-state index contributed by atoms with van der Waals surface area (Å²) in [4.78, 5) is 4.31. The highest BCUT2D eigenvalue weighted by atomic mass is 16.5. The Morgan fingerprint density at radius 3 is 2.74 bits per heavy atom. The molecule has 19 heavy (non-hydrogen) atoms. The smallest absolute Gasteiger partial charge is 0.248 e. The average Bonchev–Trinajstić information content (AvgIpc) is 3.00. The van der Waals surface area contributed by atoms with Crippen LogP contribution in [0.15, 0.2) is 35.0 Å². The third kappa shape index (κ3) is 2.44. The van der Waals surface area contributed by atoms with Crippen molar-refractivity contribution in [2.45, 2.75) is 13.5 Å². The molecule has 0 aliphatic heterocycles. The van der Waals surface area contributed by atoms with Gasteiger partial charge in [0.05, 0.1) is 6.20 Å². The maximum absolute atomic E-state index is 5.48. The molecule has 3 aromatic rings. The SMILES string of the molecule is Cc1ccc(-c2noc(Cn3cc(N)nn3)n2)cc1. The molecule has 96 valence electrons. The summed E-state index contributed by atoms with van der Waals surface area (Å²) < 4.78 is 6.72. The van der Waals surface area contributed by atoms with E-state index in [2.05, 4.69) is 20.5 Å². The van der Waals surface area contributed by atoms with Crippen molar-refractivity contribution in [3.63, 3.8) is 0 Å². The standard InChI is InChI=1S/C12H12N6O/c1-8-2-4-9(5-3-8)12-14-11(19-16-12)7-18-6-10(13)15-17-18/h2-6H,7,13H2,1H3. The lowest BCUT2D eigenvalue weighted by molar-refractivity contribution is 0.364. The molecule has 0 aliphatic rings. The Bertz CT molecular complexity index is 684. The van der Waals surface area contributed by atoms with Crippen molar-refractivity contribution in [3.8, 4) is 11.4 Å². The van der Waals surface area contributed by atoms with Crippen LogP contribution in [0.2, 0.25) is 0 Å². The number of aromatic nitrogens is 5. The number of nitrogens with zero attached hydrogens (tertiary/aromatic N) is 5. The molecule has 1 aromatic carbocycles. The van der Waals surface area contributed by atoms with Gasteiger partial charge in [-0.25, -0.2) is 4.68 Å². The van der Waals surface area contributed by atoms with Crippen molar-refractivity contribution in [2.75, 3.05) is 5.73 Å². The van der Waals surface area contributed by atoms with E-state index in [4.69, 9.17) is 10.3 Å². The first kappa shape index (κ1) is 11.4. The Kier molecular flexibility index (Phi) is 2.71. The molecule has 0 atom stereocenters. The van der Waals surface area contributed by atoms with Crippen molar-refractivity contribution >= 4 is 5.82 Å². The molecule has 0 saturated heterocycles. The van der Waals surface area contributed by atoms with Crippen LogP contribution in [-0.2, 0) is 6.54 Å². The van der Waals surface area contributed by atoms with Crippen LogP contribution >= 0.6 is 0 Å². The molecule has 0 spiro atoms. The Morgan fingerprint density at radius 1 is 1.26 bits per heavy atom. The molecule has 0 aliphatic carbocycles. The van der Waals surface area contributed by atoms with E-state index in [1.807, 2.05) is 31.2 Å². The molecule has 0 bridgehead atoms. The van der Waals surface area contributed by atoms with Crippen LogP contribution in [0.4, 0.5) is 5.82 Å². The Labute approximate surface area is 109 Å². The van der Waals surface area contributed by atoms with E-state index in [0.717, 1.165) is 5.56 Å². The Morgan fingerprint density at radius 2 is 2.05 bits per heavy atom. The van der Waals surface area contributed by atoms with Gasteiger partial charge < -0.3 is 10.3 Å². The van der Waals surface area contributed by atoms with E-state index in [1.165, 1.54) is 5.56 Å². The first-order chi connectivity index (χ1) is 9.20.